The molecule has 1 saturated carbocycles. The van der Waals surface area contributed by atoms with E-state index < -0.39 is 64.8 Å². The number of aliphatic hydroxyl groups excluding tert-OH is 2. The van der Waals surface area contributed by atoms with Crippen molar-refractivity contribution in [2.24, 2.45) is 11.1 Å². The van der Waals surface area contributed by atoms with Gasteiger partial charge < -0.3 is 20.3 Å². The zero-order valence-electron chi connectivity index (χ0n) is 20.2. The number of aliphatic hydroxyl groups is 2. The van der Waals surface area contributed by atoms with Crippen LogP contribution in [0.4, 0.5) is 23.4 Å². The fraction of sp³-hybridized carbons (Fsp3) is 0.364. The molecule has 1 aromatic carbocycles. The Labute approximate surface area is 223 Å². The van der Waals surface area contributed by atoms with Crippen LogP contribution in [-0.2, 0) is 21.0 Å². The second kappa shape index (κ2) is 11.4. The lowest BCUT2D eigenvalue weighted by atomic mass is 10.1. The number of hydrogen-bond acceptors (Lipinski definition) is 11. The first-order valence-corrected chi connectivity index (χ1v) is 12.9. The summed E-state index contributed by atoms with van der Waals surface area (Å²) >= 11 is 0. The number of ketones is 1. The minimum Gasteiger partial charge on any atom is -0.403 e. The van der Waals surface area contributed by atoms with Crippen LogP contribution in [0.25, 0.3) is 0 Å². The summed E-state index contributed by atoms with van der Waals surface area (Å²) in [7, 11) is -4.26. The average Bonchev–Trinajstić information content (AvgIpc) is 3.43. The molecule has 2 aromatic heterocycles. The van der Waals surface area contributed by atoms with E-state index in [4.69, 9.17) is 5.14 Å². The van der Waals surface area contributed by atoms with Gasteiger partial charge in [-0.2, -0.15) is 13.5 Å². The van der Waals surface area contributed by atoms with Crippen LogP contribution in [0.2, 0.25) is 0 Å². The summed E-state index contributed by atoms with van der Waals surface area (Å²) in [6, 6.07) is 3.39. The lowest BCUT2D eigenvalue weighted by Crippen LogP contribution is -2.36. The monoisotopic (exact) mass is 590 g/mol. The van der Waals surface area contributed by atoms with Gasteiger partial charge in [0.2, 0.25) is 5.78 Å². The van der Waals surface area contributed by atoms with E-state index in [2.05, 4.69) is 29.3 Å². The Hall–Kier alpha value is -3.71. The Morgan fingerprint density at radius 1 is 1.23 bits per heavy atom. The maximum Gasteiger partial charge on any atom is 0.573 e. The molecule has 40 heavy (non-hydrogen) atoms. The SMILES string of the molecule is NS(=O)(=O)OC[C@H]1C[C@@H](Nc2ncncc2C(=O)c2ccn(Cc3ccc(F)c(OC(F)(F)F)c3)n2)[C@H](O)[C@@H]1O. The van der Waals surface area contributed by atoms with E-state index in [1.54, 1.807) is 0 Å². The maximum absolute atomic E-state index is 13.7. The van der Waals surface area contributed by atoms with Crippen LogP contribution in [0.15, 0.2) is 43.0 Å². The zero-order chi connectivity index (χ0) is 29.2. The summed E-state index contributed by atoms with van der Waals surface area (Å²) in [5.74, 6) is -3.67. The average molecular weight is 591 g/mol. The predicted molar refractivity (Wildman–Crippen MR) is 126 cm³/mol. The van der Waals surface area contributed by atoms with Gasteiger partial charge in [0.25, 0.3) is 0 Å². The number of carbonyl (C=O) groups excluding carboxylic acids is 1. The van der Waals surface area contributed by atoms with Gasteiger partial charge in [-0.3, -0.25) is 13.7 Å². The van der Waals surface area contributed by atoms with Crippen molar-refractivity contribution in [3.63, 3.8) is 0 Å². The molecule has 1 aliphatic carbocycles. The zero-order valence-corrected chi connectivity index (χ0v) is 21.0. The molecule has 4 rings (SSSR count). The molecule has 0 spiro atoms. The maximum atomic E-state index is 13.7. The van der Waals surface area contributed by atoms with Gasteiger partial charge in [0.15, 0.2) is 11.6 Å². The predicted octanol–water partition coefficient (Wildman–Crippen LogP) is 0.732. The number of nitrogens with two attached hydrogens (primary N) is 1. The molecule has 0 radical (unpaired) electrons. The van der Waals surface area contributed by atoms with E-state index >= 15 is 0 Å². The van der Waals surface area contributed by atoms with Crippen LogP contribution in [-0.4, -0.2) is 75.4 Å². The van der Waals surface area contributed by atoms with Crippen LogP contribution in [0.3, 0.4) is 0 Å². The van der Waals surface area contributed by atoms with E-state index in [9.17, 15) is 41.0 Å². The third-order valence-electron chi connectivity index (χ3n) is 5.97. The molecule has 13 nitrogen and oxygen atoms in total. The summed E-state index contributed by atoms with van der Waals surface area (Å²) < 4.78 is 82.8. The number of alkyl halides is 3. The molecule has 1 fully saturated rings. The fourth-order valence-corrected chi connectivity index (χ4v) is 4.51. The third kappa shape index (κ3) is 7.27. The van der Waals surface area contributed by atoms with Gasteiger partial charge in [0.05, 0.1) is 30.9 Å². The lowest BCUT2D eigenvalue weighted by molar-refractivity contribution is -0.275. The minimum absolute atomic E-state index is 0.00806. The van der Waals surface area contributed by atoms with Crippen LogP contribution in [0, 0.1) is 11.7 Å². The molecule has 0 saturated heterocycles. The smallest absolute Gasteiger partial charge is 0.403 e. The standard InChI is InChI=1S/C22H22F4N6O7S/c23-14-2-1-11(5-17(14)39-22(24,25)26)8-32-4-3-15(31-32)19(34)13-7-28-10-29-21(13)30-16-6-12(18(33)20(16)35)9-38-40(27,36)37/h1-5,7,10,12,16,18,20,33,35H,6,8-9H2,(H2,27,36,37)(H,28,29,30)/t12-,16-,18-,20+/m1/s1. The summed E-state index contributed by atoms with van der Waals surface area (Å²) in [4.78, 5) is 21.0. The van der Waals surface area contributed by atoms with E-state index in [-0.39, 0.29) is 35.6 Å². The van der Waals surface area contributed by atoms with Gasteiger partial charge in [0, 0.05) is 18.3 Å². The molecule has 0 unspecified atom stereocenters. The molecular weight excluding hydrogens is 568 g/mol. The summed E-state index contributed by atoms with van der Waals surface area (Å²) in [5.41, 5.74) is 0.0716. The number of ether oxygens (including phenoxy) is 1. The van der Waals surface area contributed by atoms with E-state index in [0.29, 0.717) is 0 Å². The van der Waals surface area contributed by atoms with Gasteiger partial charge >= 0.3 is 16.7 Å². The van der Waals surface area contributed by atoms with Gasteiger partial charge in [-0.1, -0.05) is 6.07 Å². The molecule has 0 amide bonds. The van der Waals surface area contributed by atoms with Crippen molar-refractivity contribution in [1.29, 1.82) is 0 Å². The summed E-state index contributed by atoms with van der Waals surface area (Å²) in [5, 5.41) is 32.5. The van der Waals surface area contributed by atoms with Gasteiger partial charge in [-0.25, -0.2) is 19.5 Å². The Kier molecular flexibility index (Phi) is 8.36. The molecule has 1 aliphatic rings. The van der Waals surface area contributed by atoms with Crippen molar-refractivity contribution in [1.82, 2.24) is 19.7 Å². The molecular formula is C22H22F4N6O7S. The number of nitrogens with one attached hydrogen (secondary N) is 1. The minimum atomic E-state index is -5.08. The van der Waals surface area contributed by atoms with E-state index in [1.165, 1.54) is 29.2 Å². The van der Waals surface area contributed by atoms with Crippen molar-refractivity contribution >= 4 is 21.9 Å². The largest absolute Gasteiger partial charge is 0.573 e. The van der Waals surface area contributed by atoms with Crippen molar-refractivity contribution < 1.29 is 49.9 Å². The number of rotatable bonds is 10. The quantitative estimate of drug-likeness (QED) is 0.192. The van der Waals surface area contributed by atoms with Crippen LogP contribution >= 0.6 is 0 Å². The second-order valence-corrected chi connectivity index (χ2v) is 10.1. The number of hydrogen-bond donors (Lipinski definition) is 4. The summed E-state index contributed by atoms with van der Waals surface area (Å²) in [6.45, 7) is -0.591. The van der Waals surface area contributed by atoms with Crippen molar-refractivity contribution in [2.45, 2.75) is 37.6 Å². The topological polar surface area (TPSA) is 192 Å². The molecule has 3 aromatic rings. The van der Waals surface area contributed by atoms with Crippen molar-refractivity contribution in [2.75, 3.05) is 11.9 Å². The van der Waals surface area contributed by atoms with E-state index in [0.717, 1.165) is 18.5 Å². The van der Waals surface area contributed by atoms with Crippen LogP contribution in [0.5, 0.6) is 5.75 Å². The third-order valence-corrected chi connectivity index (χ3v) is 6.43. The highest BCUT2D eigenvalue weighted by atomic mass is 32.2. The highest BCUT2D eigenvalue weighted by Gasteiger charge is 2.42. The van der Waals surface area contributed by atoms with Crippen LogP contribution < -0.4 is 15.2 Å². The molecule has 5 N–H and O–H groups in total. The van der Waals surface area contributed by atoms with Gasteiger partial charge in [-0.15, -0.1) is 13.2 Å². The Bertz CT molecular complexity index is 1490. The number of nitrogens with zero attached hydrogens (tertiary/aromatic N) is 4. The number of halogens is 4. The second-order valence-electron chi connectivity index (χ2n) is 8.83. The fourth-order valence-electron chi connectivity index (χ4n) is 4.15. The molecule has 2 heterocycles. The molecule has 0 bridgehead atoms. The molecule has 216 valence electrons. The Balaban J connectivity index is 1.47. The lowest BCUT2D eigenvalue weighted by Gasteiger charge is -2.19. The molecule has 18 heteroatoms. The Morgan fingerprint density at radius 2 is 1.98 bits per heavy atom. The van der Waals surface area contributed by atoms with Gasteiger partial charge in [0.1, 0.15) is 23.9 Å². The highest BCUT2D eigenvalue weighted by molar-refractivity contribution is 7.84. The van der Waals surface area contributed by atoms with E-state index in [1.807, 2.05) is 0 Å². The molecule has 4 atom stereocenters. The number of anilines is 1. The van der Waals surface area contributed by atoms with Crippen molar-refractivity contribution in [3.8, 4) is 5.75 Å². The number of aromatic nitrogens is 4. The van der Waals surface area contributed by atoms with Gasteiger partial charge in [-0.05, 0) is 30.2 Å². The first-order valence-electron chi connectivity index (χ1n) is 11.4. The number of carbonyl (C=O) groups is 1. The van der Waals surface area contributed by atoms with Crippen LogP contribution in [0.1, 0.15) is 28.0 Å². The first-order chi connectivity index (χ1) is 18.7. The molecule has 0 aliphatic heterocycles. The van der Waals surface area contributed by atoms with Crippen molar-refractivity contribution in [3.05, 3.63) is 65.6 Å². The first kappa shape index (κ1) is 29.3. The Morgan fingerprint density at radius 3 is 2.67 bits per heavy atom. The normalized spacial score (nSPS) is 21.4. The summed E-state index contributed by atoms with van der Waals surface area (Å²) in [6.07, 6.45) is -4.06. The highest BCUT2D eigenvalue weighted by Crippen LogP contribution is 2.31. The number of benzene rings is 1.